The van der Waals surface area contributed by atoms with Gasteiger partial charge in [-0.15, -0.1) is 0 Å². The highest BCUT2D eigenvalue weighted by Crippen LogP contribution is 2.08. The molecule has 0 aliphatic heterocycles. The van der Waals surface area contributed by atoms with Crippen molar-refractivity contribution < 1.29 is 9.67 Å². The van der Waals surface area contributed by atoms with Crippen LogP contribution >= 0.6 is 11.3 Å². The Labute approximate surface area is 99.8 Å². The van der Waals surface area contributed by atoms with Crippen LogP contribution in [0.3, 0.4) is 0 Å². The van der Waals surface area contributed by atoms with E-state index < -0.39 is 0 Å². The van der Waals surface area contributed by atoms with Gasteiger partial charge in [-0.2, -0.15) is 4.57 Å². The van der Waals surface area contributed by atoms with Crippen molar-refractivity contribution in [2.24, 2.45) is 0 Å². The Bertz CT molecular complexity index is 425. The molecule has 0 radical (unpaired) electrons. The van der Waals surface area contributed by atoms with Crippen LogP contribution in [0.5, 0.6) is 0 Å². The van der Waals surface area contributed by atoms with Crippen molar-refractivity contribution in [2.75, 3.05) is 6.61 Å². The lowest BCUT2D eigenvalue weighted by Crippen LogP contribution is -2.30. The topological polar surface area (TPSA) is 24.1 Å². The van der Waals surface area contributed by atoms with Crippen LogP contribution in [0, 0.1) is 0 Å². The van der Waals surface area contributed by atoms with Crippen LogP contribution in [0.4, 0.5) is 0 Å². The maximum absolute atomic E-state index is 8.77. The lowest BCUT2D eigenvalue weighted by molar-refractivity contribution is -0.683. The standard InChI is InChI=1S/C13H16NOS/c15-8-4-7-13-10-14(11-16-13)9-12-5-2-1-3-6-12/h1-3,5-6,10-11,15H,4,7-9H2/q+1. The Balaban J connectivity index is 1.97. The van der Waals surface area contributed by atoms with Gasteiger partial charge in [0.2, 0.25) is 5.51 Å². The van der Waals surface area contributed by atoms with E-state index in [-0.39, 0.29) is 6.61 Å². The van der Waals surface area contributed by atoms with Crippen molar-refractivity contribution in [2.45, 2.75) is 19.4 Å². The molecule has 0 amide bonds. The molecule has 0 atom stereocenters. The summed E-state index contributed by atoms with van der Waals surface area (Å²) in [5.74, 6) is 0. The second-order valence-electron chi connectivity index (χ2n) is 3.80. The van der Waals surface area contributed by atoms with E-state index in [1.807, 2.05) is 6.07 Å². The molecular formula is C13H16NOS+. The number of rotatable bonds is 5. The van der Waals surface area contributed by atoms with Gasteiger partial charge in [0.15, 0.2) is 12.7 Å². The Kier molecular flexibility index (Phi) is 4.08. The van der Waals surface area contributed by atoms with Crippen molar-refractivity contribution >= 4 is 11.3 Å². The Morgan fingerprint density at radius 1 is 1.19 bits per heavy atom. The SMILES string of the molecule is OCCCc1c[n+](Cc2ccccc2)cs1. The monoisotopic (exact) mass is 234 g/mol. The molecule has 0 aliphatic carbocycles. The van der Waals surface area contributed by atoms with Crippen LogP contribution in [-0.4, -0.2) is 11.7 Å². The molecule has 1 N–H and O–H groups in total. The minimum atomic E-state index is 0.274. The second-order valence-corrected chi connectivity index (χ2v) is 4.77. The first-order chi connectivity index (χ1) is 7.88. The third kappa shape index (κ3) is 3.15. The van der Waals surface area contributed by atoms with E-state index in [2.05, 4.69) is 40.5 Å². The number of thiazole rings is 1. The summed E-state index contributed by atoms with van der Waals surface area (Å²) in [6.07, 6.45) is 4.00. The Morgan fingerprint density at radius 3 is 2.75 bits per heavy atom. The van der Waals surface area contributed by atoms with Gasteiger partial charge in [-0.05, 0) is 12.8 Å². The van der Waals surface area contributed by atoms with Crippen LogP contribution in [0.2, 0.25) is 0 Å². The van der Waals surface area contributed by atoms with Gasteiger partial charge in [-0.3, -0.25) is 0 Å². The van der Waals surface area contributed by atoms with Crippen molar-refractivity contribution in [1.29, 1.82) is 0 Å². The zero-order chi connectivity index (χ0) is 11.2. The summed E-state index contributed by atoms with van der Waals surface area (Å²) < 4.78 is 2.20. The molecule has 1 aromatic carbocycles. The van der Waals surface area contributed by atoms with Crippen LogP contribution in [0.1, 0.15) is 16.9 Å². The van der Waals surface area contributed by atoms with Crippen LogP contribution in [0.15, 0.2) is 42.0 Å². The number of aliphatic hydroxyl groups is 1. The Hall–Kier alpha value is -1.19. The highest BCUT2D eigenvalue weighted by atomic mass is 32.1. The van der Waals surface area contributed by atoms with Gasteiger partial charge in [0.05, 0.1) is 4.88 Å². The summed E-state index contributed by atoms with van der Waals surface area (Å²) in [7, 11) is 0. The molecule has 0 spiro atoms. The molecule has 0 unspecified atom stereocenters. The number of hydrogen-bond acceptors (Lipinski definition) is 2. The van der Waals surface area contributed by atoms with E-state index in [4.69, 9.17) is 5.11 Å². The predicted molar refractivity (Wildman–Crippen MR) is 65.5 cm³/mol. The largest absolute Gasteiger partial charge is 0.396 e. The van der Waals surface area contributed by atoms with E-state index in [1.54, 1.807) is 11.3 Å². The zero-order valence-electron chi connectivity index (χ0n) is 9.17. The fourth-order valence-corrected chi connectivity index (χ4v) is 2.50. The van der Waals surface area contributed by atoms with Crippen molar-refractivity contribution in [3.05, 3.63) is 52.5 Å². The number of aliphatic hydroxyl groups excluding tert-OH is 1. The van der Waals surface area contributed by atoms with E-state index in [0.29, 0.717) is 0 Å². The van der Waals surface area contributed by atoms with E-state index >= 15 is 0 Å². The molecule has 0 fully saturated rings. The molecule has 0 aliphatic rings. The molecule has 0 bridgehead atoms. The minimum absolute atomic E-state index is 0.274. The van der Waals surface area contributed by atoms with Gasteiger partial charge in [-0.1, -0.05) is 41.7 Å². The Morgan fingerprint density at radius 2 is 2.00 bits per heavy atom. The van der Waals surface area contributed by atoms with Crippen molar-refractivity contribution in [1.82, 2.24) is 0 Å². The first-order valence-electron chi connectivity index (χ1n) is 5.50. The lowest BCUT2D eigenvalue weighted by atomic mass is 10.2. The van der Waals surface area contributed by atoms with E-state index in [0.717, 1.165) is 19.4 Å². The molecular weight excluding hydrogens is 218 g/mol. The minimum Gasteiger partial charge on any atom is -0.396 e. The van der Waals surface area contributed by atoms with Gasteiger partial charge in [0.25, 0.3) is 0 Å². The molecule has 2 aromatic rings. The molecule has 84 valence electrons. The first kappa shape index (κ1) is 11.3. The maximum atomic E-state index is 8.77. The van der Waals surface area contributed by atoms with Gasteiger partial charge in [0, 0.05) is 12.2 Å². The fourth-order valence-electron chi connectivity index (χ4n) is 1.64. The molecule has 1 aromatic heterocycles. The molecule has 16 heavy (non-hydrogen) atoms. The summed E-state index contributed by atoms with van der Waals surface area (Å²) in [6, 6.07) is 10.4. The van der Waals surface area contributed by atoms with Gasteiger partial charge < -0.3 is 5.11 Å². The van der Waals surface area contributed by atoms with Crippen LogP contribution < -0.4 is 4.57 Å². The van der Waals surface area contributed by atoms with Gasteiger partial charge in [0.1, 0.15) is 0 Å². The molecule has 1 heterocycles. The molecule has 3 heteroatoms. The van der Waals surface area contributed by atoms with E-state index in [1.165, 1.54) is 10.4 Å². The summed E-state index contributed by atoms with van der Waals surface area (Å²) in [6.45, 7) is 1.20. The van der Waals surface area contributed by atoms with Crippen molar-refractivity contribution in [3.8, 4) is 0 Å². The second kappa shape index (κ2) is 5.77. The smallest absolute Gasteiger partial charge is 0.225 e. The number of hydrogen-bond donors (Lipinski definition) is 1. The third-order valence-electron chi connectivity index (χ3n) is 2.44. The van der Waals surface area contributed by atoms with Crippen LogP contribution in [-0.2, 0) is 13.0 Å². The first-order valence-corrected chi connectivity index (χ1v) is 6.37. The highest BCUT2D eigenvalue weighted by molar-refractivity contribution is 7.09. The predicted octanol–water partition coefficient (Wildman–Crippen LogP) is 2.01. The number of aromatic nitrogens is 1. The summed E-state index contributed by atoms with van der Waals surface area (Å²) in [5.41, 5.74) is 3.46. The highest BCUT2D eigenvalue weighted by Gasteiger charge is 2.07. The molecule has 2 rings (SSSR count). The van der Waals surface area contributed by atoms with Crippen molar-refractivity contribution in [3.63, 3.8) is 0 Å². The maximum Gasteiger partial charge on any atom is 0.225 e. The average Bonchev–Trinajstić information content (AvgIpc) is 2.75. The normalized spacial score (nSPS) is 10.6. The van der Waals surface area contributed by atoms with Gasteiger partial charge >= 0.3 is 0 Å². The molecule has 0 saturated carbocycles. The van der Waals surface area contributed by atoms with E-state index in [9.17, 15) is 0 Å². The zero-order valence-corrected chi connectivity index (χ0v) is 9.99. The van der Waals surface area contributed by atoms with Crippen LogP contribution in [0.25, 0.3) is 0 Å². The number of aryl methyl sites for hydroxylation is 1. The fraction of sp³-hybridized carbons (Fsp3) is 0.308. The quantitative estimate of drug-likeness (QED) is 0.786. The summed E-state index contributed by atoms with van der Waals surface area (Å²) in [4.78, 5) is 1.34. The third-order valence-corrected chi connectivity index (χ3v) is 3.43. The lowest BCUT2D eigenvalue weighted by Gasteiger charge is -1.93. The number of nitrogens with zero attached hydrogens (tertiary/aromatic N) is 1. The molecule has 0 saturated heterocycles. The number of benzene rings is 1. The average molecular weight is 234 g/mol. The molecule has 2 nitrogen and oxygen atoms in total. The van der Waals surface area contributed by atoms with Gasteiger partial charge in [-0.25, -0.2) is 0 Å². The summed E-state index contributed by atoms with van der Waals surface area (Å²) in [5, 5.41) is 8.77. The summed E-state index contributed by atoms with van der Waals surface area (Å²) >= 11 is 1.76.